The van der Waals surface area contributed by atoms with Crippen molar-refractivity contribution in [2.75, 3.05) is 20.8 Å². The van der Waals surface area contributed by atoms with E-state index in [1.54, 1.807) is 31.4 Å². The Balaban J connectivity index is 1.77. The summed E-state index contributed by atoms with van der Waals surface area (Å²) in [6.45, 7) is -0.169. The third-order valence-electron chi connectivity index (χ3n) is 3.24. The summed E-state index contributed by atoms with van der Waals surface area (Å²) in [7, 11) is 3.16. The van der Waals surface area contributed by atoms with Crippen molar-refractivity contribution >= 4 is 34.1 Å². The summed E-state index contributed by atoms with van der Waals surface area (Å²) in [5, 5.41) is 3.83. The molecule has 1 N–H and O–H groups in total. The maximum Gasteiger partial charge on any atom is 0.277 e. The molecule has 136 valence electrons. The molecule has 0 aliphatic rings. The molecule has 0 unspecified atom stereocenters. The van der Waals surface area contributed by atoms with E-state index in [9.17, 15) is 4.79 Å². The first-order valence-electron chi connectivity index (χ1n) is 7.71. The molecule has 0 fully saturated rings. The average Bonchev–Trinajstić information content (AvgIpc) is 2.67. The Bertz CT molecular complexity index is 789. The first-order valence-corrected chi connectivity index (χ1v) is 8.50. The Kier molecular flexibility index (Phi) is 7.70. The van der Waals surface area contributed by atoms with Crippen LogP contribution in [-0.4, -0.2) is 32.9 Å². The highest BCUT2D eigenvalue weighted by atomic mass is 79.9. The first kappa shape index (κ1) is 19.5. The van der Waals surface area contributed by atoms with Gasteiger partial charge in [0, 0.05) is 10.7 Å². The maximum absolute atomic E-state index is 11.7. The van der Waals surface area contributed by atoms with Gasteiger partial charge in [-0.15, -0.1) is 0 Å². The van der Waals surface area contributed by atoms with Crippen LogP contribution in [0.25, 0.3) is 6.08 Å². The molecule has 0 atom stereocenters. The number of hydrogen-bond donors (Lipinski definition) is 1. The Morgan fingerprint density at radius 3 is 2.58 bits per heavy atom. The average molecular weight is 419 g/mol. The van der Waals surface area contributed by atoms with Gasteiger partial charge < -0.3 is 14.2 Å². The summed E-state index contributed by atoms with van der Waals surface area (Å²) in [4.78, 5) is 11.7. The number of nitrogens with zero attached hydrogens (tertiary/aromatic N) is 1. The summed E-state index contributed by atoms with van der Waals surface area (Å²) >= 11 is 3.34. The minimum Gasteiger partial charge on any atom is -0.497 e. The number of carbonyl (C=O) groups excluding carboxylic acids is 1. The molecule has 0 heterocycles. The molecule has 0 saturated heterocycles. The zero-order chi connectivity index (χ0) is 18.8. The van der Waals surface area contributed by atoms with Crippen LogP contribution >= 0.6 is 15.9 Å². The van der Waals surface area contributed by atoms with Crippen molar-refractivity contribution in [2.45, 2.75) is 0 Å². The minimum absolute atomic E-state index is 0.169. The fourth-order valence-corrected chi connectivity index (χ4v) is 2.30. The van der Waals surface area contributed by atoms with Crippen molar-refractivity contribution < 1.29 is 19.0 Å². The standard InChI is InChI=1S/C19H19BrN2O4/c1-24-16-8-5-14(6-9-16)4-3-11-21-22-19(23)13-26-17-10-7-15(20)12-18(17)25-2/h3-12H,13H2,1-2H3,(H,22,23)/b4-3+,21-11?. The lowest BCUT2D eigenvalue weighted by Crippen LogP contribution is -2.24. The molecule has 0 aliphatic heterocycles. The molecule has 0 saturated carbocycles. The van der Waals surface area contributed by atoms with Crippen molar-refractivity contribution in [1.82, 2.24) is 5.43 Å². The van der Waals surface area contributed by atoms with Crippen molar-refractivity contribution in [2.24, 2.45) is 5.10 Å². The van der Waals surface area contributed by atoms with Gasteiger partial charge in [0.1, 0.15) is 5.75 Å². The molecule has 2 aromatic carbocycles. The SMILES string of the molecule is COc1ccc(/C=C/C=NNC(=O)COc2ccc(Br)cc2OC)cc1. The predicted octanol–water partition coefficient (Wildman–Crippen LogP) is 3.66. The maximum atomic E-state index is 11.7. The Morgan fingerprint density at radius 2 is 1.88 bits per heavy atom. The van der Waals surface area contributed by atoms with Crippen LogP contribution in [0, 0.1) is 0 Å². The zero-order valence-corrected chi connectivity index (χ0v) is 16.0. The van der Waals surface area contributed by atoms with Crippen molar-refractivity contribution in [3.63, 3.8) is 0 Å². The Labute approximate surface area is 160 Å². The van der Waals surface area contributed by atoms with E-state index in [1.807, 2.05) is 30.3 Å². The molecule has 26 heavy (non-hydrogen) atoms. The molecule has 2 rings (SSSR count). The lowest BCUT2D eigenvalue weighted by molar-refractivity contribution is -0.123. The van der Waals surface area contributed by atoms with Crippen molar-refractivity contribution in [3.05, 3.63) is 58.6 Å². The van der Waals surface area contributed by atoms with Gasteiger partial charge in [-0.1, -0.05) is 34.1 Å². The smallest absolute Gasteiger partial charge is 0.277 e. The van der Waals surface area contributed by atoms with Crippen LogP contribution in [-0.2, 0) is 4.79 Å². The van der Waals surface area contributed by atoms with E-state index in [-0.39, 0.29) is 12.5 Å². The number of rotatable bonds is 8. The lowest BCUT2D eigenvalue weighted by atomic mass is 10.2. The van der Waals surface area contributed by atoms with Gasteiger partial charge in [-0.3, -0.25) is 4.79 Å². The van der Waals surface area contributed by atoms with Crippen LogP contribution < -0.4 is 19.6 Å². The van der Waals surface area contributed by atoms with Crippen LogP contribution in [0.4, 0.5) is 0 Å². The molecule has 0 radical (unpaired) electrons. The fraction of sp³-hybridized carbons (Fsp3) is 0.158. The summed E-state index contributed by atoms with van der Waals surface area (Å²) in [5.74, 6) is 1.45. The summed E-state index contributed by atoms with van der Waals surface area (Å²) < 4.78 is 16.6. The van der Waals surface area contributed by atoms with Crippen LogP contribution in [0.3, 0.4) is 0 Å². The van der Waals surface area contributed by atoms with E-state index in [0.29, 0.717) is 11.5 Å². The minimum atomic E-state index is -0.371. The van der Waals surface area contributed by atoms with E-state index < -0.39 is 0 Å². The molecule has 1 amide bonds. The highest BCUT2D eigenvalue weighted by Crippen LogP contribution is 2.29. The number of allylic oxidation sites excluding steroid dienone is 1. The van der Waals surface area contributed by atoms with E-state index in [1.165, 1.54) is 13.3 Å². The molecule has 0 spiro atoms. The molecule has 7 heteroatoms. The molecular weight excluding hydrogens is 400 g/mol. The Morgan fingerprint density at radius 1 is 1.12 bits per heavy atom. The zero-order valence-electron chi connectivity index (χ0n) is 14.4. The molecule has 2 aromatic rings. The normalized spacial score (nSPS) is 10.9. The summed E-state index contributed by atoms with van der Waals surface area (Å²) in [6, 6.07) is 12.9. The van der Waals surface area contributed by atoms with E-state index >= 15 is 0 Å². The Hall–Kier alpha value is -2.80. The molecule has 6 nitrogen and oxygen atoms in total. The van der Waals surface area contributed by atoms with Gasteiger partial charge in [0.05, 0.1) is 14.2 Å². The highest BCUT2D eigenvalue weighted by molar-refractivity contribution is 9.10. The van der Waals surface area contributed by atoms with Crippen molar-refractivity contribution in [1.29, 1.82) is 0 Å². The topological polar surface area (TPSA) is 69.2 Å². The van der Waals surface area contributed by atoms with Gasteiger partial charge in [-0.05, 0) is 42.0 Å². The monoisotopic (exact) mass is 418 g/mol. The van der Waals surface area contributed by atoms with E-state index in [2.05, 4.69) is 26.5 Å². The molecular formula is C19H19BrN2O4. The van der Waals surface area contributed by atoms with Crippen LogP contribution in [0.15, 0.2) is 58.1 Å². The number of hydrazone groups is 1. The van der Waals surface area contributed by atoms with Gasteiger partial charge in [-0.25, -0.2) is 5.43 Å². The van der Waals surface area contributed by atoms with Gasteiger partial charge in [-0.2, -0.15) is 5.10 Å². The number of carbonyl (C=O) groups is 1. The second-order valence-corrected chi connectivity index (χ2v) is 5.94. The number of benzene rings is 2. The second kappa shape index (κ2) is 10.2. The summed E-state index contributed by atoms with van der Waals surface area (Å²) in [6.07, 6.45) is 5.07. The van der Waals surface area contributed by atoms with Crippen LogP contribution in [0.5, 0.6) is 17.2 Å². The van der Waals surface area contributed by atoms with Crippen molar-refractivity contribution in [3.8, 4) is 17.2 Å². The van der Waals surface area contributed by atoms with Crippen LogP contribution in [0.1, 0.15) is 5.56 Å². The van der Waals surface area contributed by atoms with E-state index in [0.717, 1.165) is 15.8 Å². The quantitative estimate of drug-likeness (QED) is 0.524. The van der Waals surface area contributed by atoms with Gasteiger partial charge in [0.2, 0.25) is 0 Å². The molecule has 0 bridgehead atoms. The molecule has 0 aromatic heterocycles. The fourth-order valence-electron chi connectivity index (χ4n) is 1.96. The number of amides is 1. The predicted molar refractivity (Wildman–Crippen MR) is 105 cm³/mol. The number of nitrogens with one attached hydrogen (secondary N) is 1. The van der Waals surface area contributed by atoms with E-state index in [4.69, 9.17) is 14.2 Å². The number of methoxy groups -OCH3 is 2. The number of halogens is 1. The number of hydrogen-bond acceptors (Lipinski definition) is 5. The lowest BCUT2D eigenvalue weighted by Gasteiger charge is -2.09. The molecule has 0 aliphatic carbocycles. The van der Waals surface area contributed by atoms with Crippen LogP contribution in [0.2, 0.25) is 0 Å². The largest absolute Gasteiger partial charge is 0.497 e. The first-order chi connectivity index (χ1) is 12.6. The summed E-state index contributed by atoms with van der Waals surface area (Å²) in [5.41, 5.74) is 3.39. The highest BCUT2D eigenvalue weighted by Gasteiger charge is 2.07. The second-order valence-electron chi connectivity index (χ2n) is 5.03. The third-order valence-corrected chi connectivity index (χ3v) is 3.73. The number of ether oxygens (including phenoxy) is 3. The van der Waals surface area contributed by atoms with Gasteiger partial charge in [0.15, 0.2) is 18.1 Å². The van der Waals surface area contributed by atoms with Gasteiger partial charge in [0.25, 0.3) is 5.91 Å². The van der Waals surface area contributed by atoms with Gasteiger partial charge >= 0.3 is 0 Å². The third kappa shape index (κ3) is 6.25.